The van der Waals surface area contributed by atoms with E-state index in [2.05, 4.69) is 34.3 Å². The van der Waals surface area contributed by atoms with Crippen molar-refractivity contribution in [2.75, 3.05) is 12.3 Å². The van der Waals surface area contributed by atoms with Gasteiger partial charge in [0.05, 0.1) is 5.25 Å². The van der Waals surface area contributed by atoms with Crippen LogP contribution in [-0.4, -0.2) is 12.3 Å². The molecule has 1 atom stereocenters. The summed E-state index contributed by atoms with van der Waals surface area (Å²) < 4.78 is 1.18. The zero-order chi connectivity index (χ0) is 11.1. The van der Waals surface area contributed by atoms with Gasteiger partial charge in [-0.15, -0.1) is 11.3 Å². The molecule has 0 spiro atoms. The summed E-state index contributed by atoms with van der Waals surface area (Å²) in [6.07, 6.45) is 3.93. The lowest BCUT2D eigenvalue weighted by molar-refractivity contribution is 0.776. The fraction of sp³-hybridized carbons (Fsp3) is 0.636. The average Bonchev–Trinajstić information content (AvgIpc) is 2.65. The number of halogens is 1. The van der Waals surface area contributed by atoms with E-state index >= 15 is 0 Å². The number of rotatable bonds is 7. The van der Waals surface area contributed by atoms with Crippen molar-refractivity contribution < 1.29 is 0 Å². The first-order valence-corrected chi connectivity index (χ1v) is 8.05. The van der Waals surface area contributed by atoms with Crippen molar-refractivity contribution in [2.45, 2.75) is 31.4 Å². The molecule has 0 saturated heterocycles. The summed E-state index contributed by atoms with van der Waals surface area (Å²) in [5.41, 5.74) is 5.80. The SMILES string of the molecule is CCCCCSC(CN)c1cc(Br)cs1. The summed E-state index contributed by atoms with van der Waals surface area (Å²) >= 11 is 7.27. The van der Waals surface area contributed by atoms with Crippen molar-refractivity contribution in [2.24, 2.45) is 5.73 Å². The second-order valence-electron chi connectivity index (χ2n) is 3.47. The fourth-order valence-electron chi connectivity index (χ4n) is 1.34. The molecule has 15 heavy (non-hydrogen) atoms. The lowest BCUT2D eigenvalue weighted by atomic mass is 10.3. The molecule has 1 heterocycles. The highest BCUT2D eigenvalue weighted by Crippen LogP contribution is 2.34. The van der Waals surface area contributed by atoms with Gasteiger partial charge in [-0.25, -0.2) is 0 Å². The minimum absolute atomic E-state index is 0.484. The molecule has 0 aliphatic carbocycles. The van der Waals surface area contributed by atoms with Crippen LogP contribution in [-0.2, 0) is 0 Å². The molecular formula is C11H18BrNS2. The van der Waals surface area contributed by atoms with Gasteiger partial charge >= 0.3 is 0 Å². The zero-order valence-electron chi connectivity index (χ0n) is 9.04. The Balaban J connectivity index is 2.35. The van der Waals surface area contributed by atoms with Crippen LogP contribution in [0.5, 0.6) is 0 Å². The molecule has 0 radical (unpaired) electrons. The molecule has 2 N–H and O–H groups in total. The van der Waals surface area contributed by atoms with Gasteiger partial charge in [0.1, 0.15) is 0 Å². The van der Waals surface area contributed by atoms with Gasteiger partial charge in [0.2, 0.25) is 0 Å². The number of hydrogen-bond donors (Lipinski definition) is 1. The standard InChI is InChI=1S/C11H18BrNS2/c1-2-3-4-5-14-11(7-13)10-6-9(12)8-15-10/h6,8,11H,2-5,7,13H2,1H3. The van der Waals surface area contributed by atoms with Crippen molar-refractivity contribution >= 4 is 39.0 Å². The summed E-state index contributed by atoms with van der Waals surface area (Å²) in [6, 6.07) is 2.19. The Kier molecular flexibility index (Phi) is 6.97. The third-order valence-corrected chi connectivity index (χ3v) is 5.52. The fourth-order valence-corrected chi connectivity index (χ4v) is 4.17. The van der Waals surface area contributed by atoms with Crippen LogP contribution in [0.25, 0.3) is 0 Å². The maximum atomic E-state index is 5.80. The number of unbranched alkanes of at least 4 members (excludes halogenated alkanes) is 2. The number of hydrogen-bond acceptors (Lipinski definition) is 3. The first-order valence-electron chi connectivity index (χ1n) is 5.33. The number of thioether (sulfide) groups is 1. The third kappa shape index (κ3) is 4.89. The smallest absolute Gasteiger partial charge is 0.0513 e. The van der Waals surface area contributed by atoms with E-state index in [0.29, 0.717) is 5.25 Å². The van der Waals surface area contributed by atoms with Crippen LogP contribution in [0, 0.1) is 0 Å². The van der Waals surface area contributed by atoms with Crippen LogP contribution in [0.2, 0.25) is 0 Å². The van der Waals surface area contributed by atoms with Gasteiger partial charge in [0.15, 0.2) is 0 Å². The Bertz CT molecular complexity index is 275. The Morgan fingerprint density at radius 1 is 1.53 bits per heavy atom. The molecule has 0 aliphatic rings. The summed E-state index contributed by atoms with van der Waals surface area (Å²) in [5, 5.41) is 2.61. The van der Waals surface area contributed by atoms with E-state index < -0.39 is 0 Å². The lowest BCUT2D eigenvalue weighted by Gasteiger charge is -2.11. The molecular weight excluding hydrogens is 290 g/mol. The molecule has 0 aliphatic heterocycles. The summed E-state index contributed by atoms with van der Waals surface area (Å²) in [6.45, 7) is 2.98. The first-order chi connectivity index (χ1) is 7.27. The molecule has 0 bridgehead atoms. The molecule has 4 heteroatoms. The summed E-state index contributed by atoms with van der Waals surface area (Å²) in [5.74, 6) is 1.23. The van der Waals surface area contributed by atoms with Crippen molar-refractivity contribution in [1.29, 1.82) is 0 Å². The van der Waals surface area contributed by atoms with Gasteiger partial charge in [-0.2, -0.15) is 11.8 Å². The minimum Gasteiger partial charge on any atom is -0.329 e. The van der Waals surface area contributed by atoms with Gasteiger partial charge in [-0.05, 0) is 34.2 Å². The largest absolute Gasteiger partial charge is 0.329 e. The number of thiophene rings is 1. The Labute approximate surface area is 109 Å². The summed E-state index contributed by atoms with van der Waals surface area (Å²) in [7, 11) is 0. The normalized spacial score (nSPS) is 13.0. The molecule has 0 saturated carbocycles. The topological polar surface area (TPSA) is 26.0 Å². The van der Waals surface area contributed by atoms with E-state index in [4.69, 9.17) is 5.73 Å². The second kappa shape index (κ2) is 7.71. The van der Waals surface area contributed by atoms with Gasteiger partial charge in [-0.3, -0.25) is 0 Å². The maximum absolute atomic E-state index is 5.80. The Morgan fingerprint density at radius 3 is 2.87 bits per heavy atom. The molecule has 0 fully saturated rings. The lowest BCUT2D eigenvalue weighted by Crippen LogP contribution is -2.08. The van der Waals surface area contributed by atoms with Gasteiger partial charge < -0.3 is 5.73 Å². The maximum Gasteiger partial charge on any atom is 0.0513 e. The molecule has 1 unspecified atom stereocenters. The molecule has 1 aromatic heterocycles. The van der Waals surface area contributed by atoms with Crippen LogP contribution in [0.15, 0.2) is 15.9 Å². The highest BCUT2D eigenvalue weighted by molar-refractivity contribution is 9.10. The molecule has 0 amide bonds. The second-order valence-corrected chi connectivity index (χ2v) is 6.64. The Morgan fingerprint density at radius 2 is 2.33 bits per heavy atom. The third-order valence-electron chi connectivity index (χ3n) is 2.19. The highest BCUT2D eigenvalue weighted by atomic mass is 79.9. The van der Waals surface area contributed by atoms with Crippen molar-refractivity contribution in [3.05, 3.63) is 20.8 Å². The van der Waals surface area contributed by atoms with E-state index in [1.165, 1.54) is 34.4 Å². The molecule has 1 rings (SSSR count). The van der Waals surface area contributed by atoms with E-state index in [0.717, 1.165) is 6.54 Å². The quantitative estimate of drug-likeness (QED) is 0.754. The predicted octanol–water partition coefficient (Wildman–Crippen LogP) is 4.43. The Hall–Kier alpha value is 0.490. The van der Waals surface area contributed by atoms with Crippen LogP contribution >= 0.6 is 39.0 Å². The van der Waals surface area contributed by atoms with Crippen LogP contribution in [0.1, 0.15) is 36.3 Å². The van der Waals surface area contributed by atoms with Crippen LogP contribution in [0.4, 0.5) is 0 Å². The van der Waals surface area contributed by atoms with Crippen molar-refractivity contribution in [3.63, 3.8) is 0 Å². The molecule has 0 aromatic carbocycles. The minimum atomic E-state index is 0.484. The van der Waals surface area contributed by atoms with Gasteiger partial charge in [0.25, 0.3) is 0 Å². The van der Waals surface area contributed by atoms with Gasteiger partial charge in [-0.1, -0.05) is 19.8 Å². The van der Waals surface area contributed by atoms with E-state index in [1.54, 1.807) is 11.3 Å². The number of nitrogens with two attached hydrogens (primary N) is 1. The predicted molar refractivity (Wildman–Crippen MR) is 75.8 cm³/mol. The highest BCUT2D eigenvalue weighted by Gasteiger charge is 2.11. The molecule has 1 nitrogen and oxygen atoms in total. The van der Waals surface area contributed by atoms with E-state index in [9.17, 15) is 0 Å². The van der Waals surface area contributed by atoms with Crippen LogP contribution < -0.4 is 5.73 Å². The van der Waals surface area contributed by atoms with E-state index in [-0.39, 0.29) is 0 Å². The average molecular weight is 308 g/mol. The van der Waals surface area contributed by atoms with Crippen LogP contribution in [0.3, 0.4) is 0 Å². The van der Waals surface area contributed by atoms with Crippen molar-refractivity contribution in [3.8, 4) is 0 Å². The molecule has 86 valence electrons. The zero-order valence-corrected chi connectivity index (χ0v) is 12.3. The van der Waals surface area contributed by atoms with Crippen molar-refractivity contribution in [1.82, 2.24) is 0 Å². The summed E-state index contributed by atoms with van der Waals surface area (Å²) in [4.78, 5) is 1.39. The molecule has 1 aromatic rings. The monoisotopic (exact) mass is 307 g/mol. The van der Waals surface area contributed by atoms with Gasteiger partial charge in [0, 0.05) is 21.3 Å². The van der Waals surface area contributed by atoms with E-state index in [1.807, 2.05) is 11.8 Å². The first kappa shape index (κ1) is 13.6.